The molecule has 14 heteroatoms. The number of allylic oxidation sites excluding steroid dienone is 23. The highest BCUT2D eigenvalue weighted by Gasteiger charge is 2.51. The molecule has 0 saturated carbocycles. The van der Waals surface area contributed by atoms with Gasteiger partial charge >= 0.3 is 0 Å². The minimum absolute atomic E-state index is 0.250. The molecule has 2 fully saturated rings. The number of hydrogen-bond acceptors (Lipinski definition) is 13. The lowest BCUT2D eigenvalue weighted by Crippen LogP contribution is -2.65. The highest BCUT2D eigenvalue weighted by Crippen LogP contribution is 2.30. The topological polar surface area (TPSA) is 228 Å². The van der Waals surface area contributed by atoms with Crippen LogP contribution in [0.2, 0.25) is 0 Å². The number of hydrogen-bond donors (Lipinski definition) is 9. The maximum Gasteiger partial charge on any atom is 0.220 e. The fourth-order valence-electron chi connectivity index (χ4n) is 13.3. The largest absolute Gasteiger partial charge is 0.394 e. The Morgan fingerprint density at radius 1 is 0.349 bits per heavy atom. The number of ether oxygens (including phenoxy) is 4. The molecule has 608 valence electrons. The van der Waals surface area contributed by atoms with Crippen LogP contribution in [0.1, 0.15) is 335 Å². The summed E-state index contributed by atoms with van der Waals surface area (Å²) < 4.78 is 22.9. The summed E-state index contributed by atoms with van der Waals surface area (Å²) in [6, 6.07) is -0.939. The van der Waals surface area contributed by atoms with Crippen molar-refractivity contribution in [2.75, 3.05) is 19.8 Å². The number of carbonyl (C=O) groups excluding carboxylic acids is 1. The molecule has 0 spiro atoms. The van der Waals surface area contributed by atoms with Crippen molar-refractivity contribution in [2.45, 2.75) is 408 Å². The molecule has 0 aromatic carbocycles. The van der Waals surface area contributed by atoms with Gasteiger partial charge in [0.2, 0.25) is 5.91 Å². The van der Waals surface area contributed by atoms with Crippen molar-refractivity contribution >= 4 is 5.91 Å². The van der Waals surface area contributed by atoms with Crippen molar-refractivity contribution in [1.82, 2.24) is 5.32 Å². The van der Waals surface area contributed by atoms with Crippen molar-refractivity contribution in [2.24, 2.45) is 0 Å². The maximum absolute atomic E-state index is 13.4. The maximum atomic E-state index is 13.4. The Morgan fingerprint density at radius 3 is 1.00 bits per heavy atom. The van der Waals surface area contributed by atoms with Crippen LogP contribution < -0.4 is 5.32 Å². The van der Waals surface area contributed by atoms with Gasteiger partial charge < -0.3 is 65.1 Å². The number of aliphatic hydroxyl groups is 8. The first-order valence-corrected chi connectivity index (χ1v) is 43.1. The lowest BCUT2D eigenvalue weighted by molar-refractivity contribution is -0.359. The lowest BCUT2D eigenvalue weighted by atomic mass is 9.97. The lowest BCUT2D eigenvalue weighted by Gasteiger charge is -2.46. The fourth-order valence-corrected chi connectivity index (χ4v) is 13.3. The normalized spacial score (nSPS) is 22.1. The van der Waals surface area contributed by atoms with Crippen LogP contribution in [0.15, 0.2) is 146 Å². The Labute approximate surface area is 646 Å². The van der Waals surface area contributed by atoms with Crippen molar-refractivity contribution in [3.8, 4) is 0 Å². The molecule has 2 heterocycles. The third-order valence-corrected chi connectivity index (χ3v) is 20.0. The number of nitrogens with one attached hydrogen (secondary N) is 1. The van der Waals surface area contributed by atoms with Crippen LogP contribution in [0, 0.1) is 0 Å². The summed E-state index contributed by atoms with van der Waals surface area (Å²) in [6.07, 6.45) is 95.0. The van der Waals surface area contributed by atoms with Gasteiger partial charge in [-0.15, -0.1) is 0 Å². The first-order chi connectivity index (χ1) is 52.1. The highest BCUT2D eigenvalue weighted by atomic mass is 16.7. The summed E-state index contributed by atoms with van der Waals surface area (Å²) in [5.41, 5.74) is 0. The van der Waals surface area contributed by atoms with E-state index in [4.69, 9.17) is 18.9 Å². The van der Waals surface area contributed by atoms with E-state index in [-0.39, 0.29) is 18.9 Å². The standard InChI is InChI=1S/C92H157NO13/c1-3-5-7-9-11-13-15-17-19-21-23-25-27-29-31-33-35-37-38-39-40-41-42-44-46-48-50-52-54-56-58-60-62-64-66-68-70-72-74-76-84(97)93-80(79-103-91-89(102)87(100)90(83(78-95)105-91)106-92-88(101)86(99)85(98)82(77-94)104-92)81(96)75-73-71-69-67-65-63-61-59-57-55-53-51-49-47-45-43-36-34-32-30-28-26-24-22-20-18-16-14-12-10-8-6-4-2/h5,7,11,13,17,19,23,25,29,31,35,37,39-40,42,44,48,50,54,56,60,62,73,75,80-83,85-92,94-96,98-102H,3-4,6,8-10,12,14-16,18,20-22,24,26-28,30,32-34,36,38,41,43,45-47,49,51-53,55,57-59,61,63-72,74,76-79H2,1-2H3,(H,93,97)/b7-5-,13-11-,19-17-,25-23-,31-29-,37-35-,40-39-,44-42-,50-48-,56-54-,62-60-,75-73+. The van der Waals surface area contributed by atoms with Crippen LogP contribution in [-0.4, -0.2) is 140 Å². The molecule has 2 saturated heterocycles. The molecule has 0 radical (unpaired) electrons. The van der Waals surface area contributed by atoms with E-state index in [2.05, 4.69) is 153 Å². The molecule has 14 nitrogen and oxygen atoms in total. The van der Waals surface area contributed by atoms with Crippen molar-refractivity contribution < 1.29 is 64.6 Å². The molecule has 106 heavy (non-hydrogen) atoms. The Hall–Kier alpha value is -4.13. The quantitative estimate of drug-likeness (QED) is 0.0204. The van der Waals surface area contributed by atoms with Gasteiger partial charge in [-0.3, -0.25) is 4.79 Å². The average Bonchev–Trinajstić information content (AvgIpc) is 0.789. The molecule has 1 amide bonds. The zero-order valence-electron chi connectivity index (χ0n) is 66.9. The Bertz CT molecular complexity index is 2350. The third-order valence-electron chi connectivity index (χ3n) is 20.0. The smallest absolute Gasteiger partial charge is 0.220 e. The summed E-state index contributed by atoms with van der Waals surface area (Å²) in [6.45, 7) is 2.70. The number of carbonyl (C=O) groups is 1. The van der Waals surface area contributed by atoms with Crippen molar-refractivity contribution in [1.29, 1.82) is 0 Å². The van der Waals surface area contributed by atoms with Gasteiger partial charge in [-0.2, -0.15) is 0 Å². The van der Waals surface area contributed by atoms with Crippen molar-refractivity contribution in [3.05, 3.63) is 146 Å². The molecule has 2 aliphatic rings. The van der Waals surface area contributed by atoms with Crippen LogP contribution >= 0.6 is 0 Å². The zero-order chi connectivity index (χ0) is 76.5. The minimum Gasteiger partial charge on any atom is -0.394 e. The summed E-state index contributed by atoms with van der Waals surface area (Å²) in [7, 11) is 0. The van der Waals surface area contributed by atoms with Gasteiger partial charge in [-0.05, 0) is 103 Å². The van der Waals surface area contributed by atoms with E-state index in [9.17, 15) is 45.6 Å². The van der Waals surface area contributed by atoms with Gasteiger partial charge in [-0.1, -0.05) is 372 Å². The first-order valence-electron chi connectivity index (χ1n) is 43.1. The van der Waals surface area contributed by atoms with Crippen LogP contribution in [-0.2, 0) is 23.7 Å². The molecule has 0 aromatic heterocycles. The number of unbranched alkanes of at least 4 members (excludes halogenated alkanes) is 36. The number of amides is 1. The van der Waals surface area contributed by atoms with Gasteiger partial charge in [0.1, 0.15) is 48.8 Å². The summed E-state index contributed by atoms with van der Waals surface area (Å²) in [5.74, 6) is -0.260. The van der Waals surface area contributed by atoms with Gasteiger partial charge in [-0.25, -0.2) is 0 Å². The minimum atomic E-state index is -1.80. The van der Waals surface area contributed by atoms with Crippen LogP contribution in [0.5, 0.6) is 0 Å². The molecule has 2 rings (SSSR count). The number of aliphatic hydroxyl groups excluding tert-OH is 8. The molecule has 9 N–H and O–H groups in total. The molecule has 0 aromatic rings. The summed E-state index contributed by atoms with van der Waals surface area (Å²) in [4.78, 5) is 13.4. The third kappa shape index (κ3) is 55.3. The first kappa shape index (κ1) is 97.9. The van der Waals surface area contributed by atoms with E-state index in [0.29, 0.717) is 6.42 Å². The SMILES string of the molecule is CC/C=C\C/C=C\C/C=C\C/C=C\C/C=C\C/C=C\C/C=C\C/C=C\C/C=C\C/C=C\C/C=C\CCCCCCCC(=O)NC(COC1OC(CO)C(OC2OC(CO)C(O)C(O)C2O)C(O)C1O)C(O)/C=C/CCCCCCCCCCCCCCCCCCCCCCCCCCCCCCCCC. The van der Waals surface area contributed by atoms with E-state index in [0.717, 1.165) is 122 Å². The van der Waals surface area contributed by atoms with E-state index in [1.165, 1.54) is 186 Å². The predicted molar refractivity (Wildman–Crippen MR) is 442 cm³/mol. The summed E-state index contributed by atoms with van der Waals surface area (Å²) >= 11 is 0. The molecule has 2 aliphatic heterocycles. The molecule has 12 unspecified atom stereocenters. The second-order valence-corrected chi connectivity index (χ2v) is 29.6. The molecular formula is C92H157NO13. The Morgan fingerprint density at radius 2 is 0.651 bits per heavy atom. The second-order valence-electron chi connectivity index (χ2n) is 29.6. The molecule has 0 aliphatic carbocycles. The molecule has 12 atom stereocenters. The van der Waals surface area contributed by atoms with Crippen molar-refractivity contribution in [3.63, 3.8) is 0 Å². The van der Waals surface area contributed by atoms with E-state index < -0.39 is 86.8 Å². The van der Waals surface area contributed by atoms with Crippen LogP contribution in [0.3, 0.4) is 0 Å². The Kier molecular flexibility index (Phi) is 68.1. The van der Waals surface area contributed by atoms with Gasteiger partial charge in [0, 0.05) is 6.42 Å². The molecular weight excluding hydrogens is 1330 g/mol. The zero-order valence-corrected chi connectivity index (χ0v) is 66.9. The summed E-state index contributed by atoms with van der Waals surface area (Å²) in [5, 5.41) is 87.8. The van der Waals surface area contributed by atoms with Crippen LogP contribution in [0.25, 0.3) is 0 Å². The number of rotatable bonds is 71. The average molecular weight is 1490 g/mol. The Balaban J connectivity index is 1.63. The fraction of sp³-hybridized carbons (Fsp3) is 0.728. The van der Waals surface area contributed by atoms with E-state index in [1.54, 1.807) is 6.08 Å². The van der Waals surface area contributed by atoms with Crippen LogP contribution in [0.4, 0.5) is 0 Å². The predicted octanol–water partition coefficient (Wildman–Crippen LogP) is 20.7. The van der Waals surface area contributed by atoms with Gasteiger partial charge in [0.25, 0.3) is 0 Å². The molecule has 0 bridgehead atoms. The second kappa shape index (κ2) is 73.7. The van der Waals surface area contributed by atoms with E-state index >= 15 is 0 Å². The van der Waals surface area contributed by atoms with E-state index in [1.807, 2.05) is 6.08 Å². The highest BCUT2D eigenvalue weighted by molar-refractivity contribution is 5.76. The van der Waals surface area contributed by atoms with Gasteiger partial charge in [0.15, 0.2) is 12.6 Å². The van der Waals surface area contributed by atoms with Gasteiger partial charge in [0.05, 0.1) is 32.0 Å². The monoisotopic (exact) mass is 1480 g/mol.